The van der Waals surface area contributed by atoms with E-state index in [2.05, 4.69) is 5.32 Å². The molecule has 0 aliphatic heterocycles. The number of ether oxygens (including phenoxy) is 1. The van der Waals surface area contributed by atoms with Crippen molar-refractivity contribution in [1.82, 2.24) is 0 Å². The number of hydrogen-bond donors (Lipinski definition) is 1. The Labute approximate surface area is 160 Å². The second-order valence-corrected chi connectivity index (χ2v) is 6.41. The van der Waals surface area contributed by atoms with Crippen LogP contribution in [0.15, 0.2) is 36.4 Å². The molecule has 0 unspecified atom stereocenters. The van der Waals surface area contributed by atoms with Crippen LogP contribution in [0.25, 0.3) is 0 Å². The molecule has 0 atom stereocenters. The van der Waals surface area contributed by atoms with Gasteiger partial charge in [0.2, 0.25) is 0 Å². The molecular weight excluding hydrogens is 362 g/mol. The molecule has 0 aromatic heterocycles. The summed E-state index contributed by atoms with van der Waals surface area (Å²) in [6, 6.07) is 10.7. The van der Waals surface area contributed by atoms with E-state index in [0.717, 1.165) is 37.3 Å². The minimum absolute atomic E-state index is 0.0523. The van der Waals surface area contributed by atoms with Crippen LogP contribution in [0.3, 0.4) is 0 Å². The maximum atomic E-state index is 12.2. The SMILES string of the molecule is N#Cc1cc([N+](=O)[O-])ccc1NC(=O)COC(=O)c1ccc2c(c1)CCCC2. The number of aryl methyl sites for hydroxylation is 2. The normalized spacial score (nSPS) is 12.4. The first-order valence-electron chi connectivity index (χ1n) is 8.75. The molecule has 8 nitrogen and oxygen atoms in total. The molecule has 0 bridgehead atoms. The van der Waals surface area contributed by atoms with Gasteiger partial charge in [0.25, 0.3) is 11.6 Å². The fourth-order valence-corrected chi connectivity index (χ4v) is 3.11. The number of esters is 1. The van der Waals surface area contributed by atoms with Crippen LogP contribution in [0, 0.1) is 21.4 Å². The number of benzene rings is 2. The first-order valence-corrected chi connectivity index (χ1v) is 8.75. The monoisotopic (exact) mass is 379 g/mol. The van der Waals surface area contributed by atoms with E-state index in [1.807, 2.05) is 6.07 Å². The van der Waals surface area contributed by atoms with Gasteiger partial charge in [-0.1, -0.05) is 6.07 Å². The zero-order valence-electron chi connectivity index (χ0n) is 14.9. The number of anilines is 1. The van der Waals surface area contributed by atoms with Gasteiger partial charge in [-0.2, -0.15) is 5.26 Å². The Hall–Kier alpha value is -3.73. The van der Waals surface area contributed by atoms with Crippen LogP contribution in [-0.4, -0.2) is 23.4 Å². The third kappa shape index (κ3) is 4.32. The molecule has 8 heteroatoms. The van der Waals surface area contributed by atoms with Gasteiger partial charge in [0.05, 0.1) is 21.7 Å². The van der Waals surface area contributed by atoms with Gasteiger partial charge < -0.3 is 10.1 Å². The predicted molar refractivity (Wildman–Crippen MR) is 99.8 cm³/mol. The average Bonchev–Trinajstić information content (AvgIpc) is 2.71. The van der Waals surface area contributed by atoms with E-state index < -0.39 is 23.4 Å². The summed E-state index contributed by atoms with van der Waals surface area (Å²) in [5.74, 6) is -1.25. The molecule has 1 N–H and O–H groups in total. The second-order valence-electron chi connectivity index (χ2n) is 6.41. The van der Waals surface area contributed by atoms with E-state index in [1.54, 1.807) is 18.2 Å². The van der Waals surface area contributed by atoms with Crippen molar-refractivity contribution in [3.05, 3.63) is 68.8 Å². The molecule has 1 aliphatic carbocycles. The summed E-state index contributed by atoms with van der Waals surface area (Å²) < 4.78 is 5.05. The minimum atomic E-state index is -0.642. The van der Waals surface area contributed by atoms with Crippen molar-refractivity contribution in [3.63, 3.8) is 0 Å². The van der Waals surface area contributed by atoms with Crippen molar-refractivity contribution in [2.45, 2.75) is 25.7 Å². The van der Waals surface area contributed by atoms with Gasteiger partial charge in [0.15, 0.2) is 6.61 Å². The molecular formula is C20H17N3O5. The topological polar surface area (TPSA) is 122 Å². The molecule has 0 heterocycles. The van der Waals surface area contributed by atoms with Crippen LogP contribution >= 0.6 is 0 Å². The van der Waals surface area contributed by atoms with E-state index in [4.69, 9.17) is 10.00 Å². The summed E-state index contributed by atoms with van der Waals surface area (Å²) in [7, 11) is 0. The lowest BCUT2D eigenvalue weighted by Gasteiger charge is -2.16. The van der Waals surface area contributed by atoms with Crippen LogP contribution in [-0.2, 0) is 22.4 Å². The Morgan fingerprint density at radius 2 is 1.89 bits per heavy atom. The maximum absolute atomic E-state index is 12.2. The molecule has 2 aromatic rings. The van der Waals surface area contributed by atoms with Gasteiger partial charge in [0, 0.05) is 12.1 Å². The van der Waals surface area contributed by atoms with Crippen molar-refractivity contribution < 1.29 is 19.2 Å². The first-order chi connectivity index (χ1) is 13.5. The number of nitrogens with one attached hydrogen (secondary N) is 1. The number of carbonyl (C=O) groups is 2. The van der Waals surface area contributed by atoms with E-state index >= 15 is 0 Å². The third-order valence-electron chi connectivity index (χ3n) is 4.53. The standard InChI is InChI=1S/C20H17N3O5/c21-11-16-10-17(23(26)27)7-8-18(16)22-19(24)12-28-20(25)15-6-5-13-3-1-2-4-14(13)9-15/h5-10H,1-4,12H2,(H,22,24). The number of nitro benzene ring substituents is 1. The lowest BCUT2D eigenvalue weighted by atomic mass is 9.90. The molecule has 1 amide bonds. The summed E-state index contributed by atoms with van der Waals surface area (Å²) in [6.45, 7) is -0.530. The fraction of sp³-hybridized carbons (Fsp3) is 0.250. The molecule has 0 spiro atoms. The maximum Gasteiger partial charge on any atom is 0.338 e. The number of hydrogen-bond acceptors (Lipinski definition) is 6. The molecule has 2 aromatic carbocycles. The van der Waals surface area contributed by atoms with E-state index in [9.17, 15) is 19.7 Å². The lowest BCUT2D eigenvalue weighted by Crippen LogP contribution is -2.21. The van der Waals surface area contributed by atoms with Crippen LogP contribution in [0.2, 0.25) is 0 Å². The highest BCUT2D eigenvalue weighted by Gasteiger charge is 2.16. The molecule has 28 heavy (non-hydrogen) atoms. The number of nitriles is 1. The van der Waals surface area contributed by atoms with Crippen molar-refractivity contribution >= 4 is 23.3 Å². The number of fused-ring (bicyclic) bond motifs is 1. The summed E-state index contributed by atoms with van der Waals surface area (Å²) >= 11 is 0. The van der Waals surface area contributed by atoms with Gasteiger partial charge >= 0.3 is 5.97 Å². The summed E-state index contributed by atoms with van der Waals surface area (Å²) in [5, 5.41) is 22.3. The Bertz CT molecular complexity index is 994. The molecule has 3 rings (SSSR count). The van der Waals surface area contributed by atoms with E-state index in [0.29, 0.717) is 5.56 Å². The first kappa shape index (κ1) is 19.0. The average molecular weight is 379 g/mol. The second kappa shape index (κ2) is 8.31. The van der Waals surface area contributed by atoms with Crippen molar-refractivity contribution in [2.24, 2.45) is 0 Å². The van der Waals surface area contributed by atoms with Crippen LogP contribution in [0.5, 0.6) is 0 Å². The fourth-order valence-electron chi connectivity index (χ4n) is 3.11. The molecule has 142 valence electrons. The predicted octanol–water partition coefficient (Wildman–Crippen LogP) is 3.14. The number of nitrogens with zero attached hydrogens (tertiary/aromatic N) is 2. The summed E-state index contributed by atoms with van der Waals surface area (Å²) in [6.07, 6.45) is 4.16. The van der Waals surface area contributed by atoms with Gasteiger partial charge in [-0.15, -0.1) is 0 Å². The van der Waals surface area contributed by atoms with Gasteiger partial charge in [0.1, 0.15) is 6.07 Å². The largest absolute Gasteiger partial charge is 0.452 e. The summed E-state index contributed by atoms with van der Waals surface area (Å²) in [5.41, 5.74) is 2.57. The minimum Gasteiger partial charge on any atom is -0.452 e. The van der Waals surface area contributed by atoms with Crippen LogP contribution < -0.4 is 5.32 Å². The molecule has 0 saturated carbocycles. The quantitative estimate of drug-likeness (QED) is 0.484. The Kier molecular flexibility index (Phi) is 5.65. The Balaban J connectivity index is 1.61. The van der Waals surface area contributed by atoms with Gasteiger partial charge in [-0.3, -0.25) is 14.9 Å². The lowest BCUT2D eigenvalue weighted by molar-refractivity contribution is -0.384. The number of carbonyl (C=O) groups excluding carboxylic acids is 2. The van der Waals surface area contributed by atoms with E-state index in [-0.39, 0.29) is 16.9 Å². The van der Waals surface area contributed by atoms with Crippen molar-refractivity contribution in [3.8, 4) is 6.07 Å². The third-order valence-corrected chi connectivity index (χ3v) is 4.53. The highest BCUT2D eigenvalue weighted by Crippen LogP contribution is 2.23. The van der Waals surface area contributed by atoms with Crippen molar-refractivity contribution in [1.29, 1.82) is 5.26 Å². The molecule has 1 aliphatic rings. The zero-order chi connectivity index (χ0) is 20.1. The van der Waals surface area contributed by atoms with Crippen LogP contribution in [0.1, 0.15) is 39.9 Å². The Morgan fingerprint density at radius 3 is 2.61 bits per heavy atom. The summed E-state index contributed by atoms with van der Waals surface area (Å²) in [4.78, 5) is 34.4. The smallest absolute Gasteiger partial charge is 0.338 e. The zero-order valence-corrected chi connectivity index (χ0v) is 14.9. The molecule has 0 radical (unpaired) electrons. The highest BCUT2D eigenvalue weighted by atomic mass is 16.6. The van der Waals surface area contributed by atoms with Crippen molar-refractivity contribution in [2.75, 3.05) is 11.9 Å². The number of non-ortho nitro benzene ring substituents is 1. The van der Waals surface area contributed by atoms with E-state index in [1.165, 1.54) is 17.7 Å². The Morgan fingerprint density at radius 1 is 1.14 bits per heavy atom. The van der Waals surface area contributed by atoms with Crippen LogP contribution in [0.4, 0.5) is 11.4 Å². The highest BCUT2D eigenvalue weighted by molar-refractivity contribution is 5.96. The van der Waals surface area contributed by atoms with Gasteiger partial charge in [-0.25, -0.2) is 4.79 Å². The molecule has 0 fully saturated rings. The number of rotatable bonds is 5. The molecule has 0 saturated heterocycles. The number of amides is 1. The van der Waals surface area contributed by atoms with Gasteiger partial charge in [-0.05, 0) is 55.0 Å². The number of nitro groups is 1.